The maximum Gasteiger partial charge on any atom is 0.247 e. The van der Waals surface area contributed by atoms with Gasteiger partial charge in [0.1, 0.15) is 0 Å². The quantitative estimate of drug-likeness (QED) is 0.937. The highest BCUT2D eigenvalue weighted by Crippen LogP contribution is 2.22. The lowest BCUT2D eigenvalue weighted by Gasteiger charge is -2.29. The molecule has 0 aliphatic carbocycles. The molecule has 1 fully saturated rings. The van der Waals surface area contributed by atoms with Gasteiger partial charge in [0.25, 0.3) is 0 Å². The topological polar surface area (TPSA) is 53.9 Å². The number of piperidine rings is 1. The van der Waals surface area contributed by atoms with E-state index in [0.29, 0.717) is 0 Å². The Morgan fingerprint density at radius 2 is 1.95 bits per heavy atom. The van der Waals surface area contributed by atoms with Gasteiger partial charge in [-0.3, -0.25) is 0 Å². The van der Waals surface area contributed by atoms with E-state index in [1.807, 2.05) is 18.2 Å². The Labute approximate surface area is 125 Å². The van der Waals surface area contributed by atoms with Crippen LogP contribution in [0.5, 0.6) is 0 Å². The van der Waals surface area contributed by atoms with Crippen molar-refractivity contribution in [3.05, 3.63) is 36.0 Å². The average molecular weight is 283 g/mol. The Morgan fingerprint density at radius 1 is 1.19 bits per heavy atom. The van der Waals surface area contributed by atoms with Gasteiger partial charge in [0.2, 0.25) is 5.95 Å². The second kappa shape index (κ2) is 6.08. The monoisotopic (exact) mass is 283 g/mol. The molecule has 0 radical (unpaired) electrons. The largest absolute Gasteiger partial charge is 0.339 e. The van der Waals surface area contributed by atoms with Crippen LogP contribution in [-0.4, -0.2) is 28.3 Å². The van der Waals surface area contributed by atoms with Crippen molar-refractivity contribution in [3.8, 4) is 0 Å². The second-order valence-corrected chi connectivity index (χ2v) is 5.75. The van der Waals surface area contributed by atoms with E-state index < -0.39 is 0 Å². The first-order valence-electron chi connectivity index (χ1n) is 7.49. The normalized spacial score (nSPS) is 16.0. The minimum absolute atomic E-state index is 0.723. The molecule has 0 amide bonds. The van der Waals surface area contributed by atoms with Gasteiger partial charge in [0, 0.05) is 18.8 Å². The maximum atomic E-state index is 4.60. The Bertz CT molecular complexity index is 605. The van der Waals surface area contributed by atoms with Crippen molar-refractivity contribution in [1.82, 2.24) is 15.2 Å². The van der Waals surface area contributed by atoms with Crippen LogP contribution in [0.3, 0.4) is 0 Å². The van der Waals surface area contributed by atoms with E-state index in [4.69, 9.17) is 0 Å². The molecule has 2 heterocycles. The number of para-hydroxylation sites is 1. The Hall–Kier alpha value is -2.17. The van der Waals surface area contributed by atoms with E-state index in [-0.39, 0.29) is 0 Å². The highest BCUT2D eigenvalue weighted by Gasteiger charge is 2.18. The SMILES string of the molecule is Cc1ccccc1Nc1cnnc(N2CCC(C)CC2)n1. The van der Waals surface area contributed by atoms with Gasteiger partial charge in [-0.25, -0.2) is 0 Å². The summed E-state index contributed by atoms with van der Waals surface area (Å²) in [5.41, 5.74) is 2.24. The summed E-state index contributed by atoms with van der Waals surface area (Å²) >= 11 is 0. The fraction of sp³-hybridized carbons (Fsp3) is 0.438. The third-order valence-corrected chi connectivity index (χ3v) is 4.02. The third-order valence-electron chi connectivity index (χ3n) is 4.02. The van der Waals surface area contributed by atoms with Crippen LogP contribution < -0.4 is 10.2 Å². The fourth-order valence-electron chi connectivity index (χ4n) is 2.55. The lowest BCUT2D eigenvalue weighted by molar-refractivity contribution is 0.433. The Morgan fingerprint density at radius 3 is 2.71 bits per heavy atom. The zero-order valence-electron chi connectivity index (χ0n) is 12.6. The van der Waals surface area contributed by atoms with Crippen molar-refractivity contribution >= 4 is 17.5 Å². The number of benzene rings is 1. The van der Waals surface area contributed by atoms with Crippen LogP contribution in [0.2, 0.25) is 0 Å². The van der Waals surface area contributed by atoms with Gasteiger partial charge in [0.05, 0.1) is 6.20 Å². The van der Waals surface area contributed by atoms with Crippen LogP contribution in [0.15, 0.2) is 30.5 Å². The van der Waals surface area contributed by atoms with Gasteiger partial charge < -0.3 is 10.2 Å². The number of aromatic nitrogens is 3. The highest BCUT2D eigenvalue weighted by atomic mass is 15.3. The summed E-state index contributed by atoms with van der Waals surface area (Å²) in [6.07, 6.45) is 4.06. The first kappa shape index (κ1) is 13.8. The summed E-state index contributed by atoms with van der Waals surface area (Å²) in [5.74, 6) is 2.26. The molecule has 1 aliphatic heterocycles. The second-order valence-electron chi connectivity index (χ2n) is 5.75. The number of nitrogens with one attached hydrogen (secondary N) is 1. The molecule has 0 atom stereocenters. The van der Waals surface area contributed by atoms with Crippen LogP contribution >= 0.6 is 0 Å². The van der Waals surface area contributed by atoms with Crippen LogP contribution in [0.4, 0.5) is 17.5 Å². The van der Waals surface area contributed by atoms with Gasteiger partial charge in [-0.05, 0) is 37.3 Å². The fourth-order valence-corrected chi connectivity index (χ4v) is 2.55. The lowest BCUT2D eigenvalue weighted by Crippen LogP contribution is -2.34. The minimum atomic E-state index is 0.723. The summed E-state index contributed by atoms with van der Waals surface area (Å²) in [6.45, 7) is 6.39. The van der Waals surface area contributed by atoms with Crippen molar-refractivity contribution in [2.75, 3.05) is 23.3 Å². The van der Waals surface area contributed by atoms with Crippen molar-refractivity contribution in [2.45, 2.75) is 26.7 Å². The molecule has 1 aliphatic rings. The molecule has 5 heteroatoms. The number of rotatable bonds is 3. The molecule has 0 spiro atoms. The summed E-state index contributed by atoms with van der Waals surface area (Å²) in [7, 11) is 0. The zero-order valence-corrected chi connectivity index (χ0v) is 12.6. The number of nitrogens with zero attached hydrogens (tertiary/aromatic N) is 4. The molecular formula is C16H21N5. The molecule has 1 saturated heterocycles. The molecule has 21 heavy (non-hydrogen) atoms. The molecule has 0 unspecified atom stereocenters. The molecule has 5 nitrogen and oxygen atoms in total. The predicted molar refractivity (Wildman–Crippen MR) is 84.9 cm³/mol. The first-order chi connectivity index (χ1) is 10.2. The van der Waals surface area contributed by atoms with Crippen molar-refractivity contribution in [1.29, 1.82) is 0 Å². The van der Waals surface area contributed by atoms with Crippen LogP contribution in [0.1, 0.15) is 25.3 Å². The van der Waals surface area contributed by atoms with Crippen LogP contribution in [0.25, 0.3) is 0 Å². The molecule has 0 bridgehead atoms. The summed E-state index contributed by atoms with van der Waals surface area (Å²) in [4.78, 5) is 6.82. The van der Waals surface area contributed by atoms with E-state index in [1.54, 1.807) is 6.20 Å². The molecule has 1 aromatic heterocycles. The van der Waals surface area contributed by atoms with Gasteiger partial charge in [0.15, 0.2) is 5.82 Å². The predicted octanol–water partition coefficient (Wildman–Crippen LogP) is 3.16. The smallest absolute Gasteiger partial charge is 0.247 e. The standard InChI is InChI=1S/C16H21N5/c1-12-7-9-21(10-8-12)16-19-15(11-17-20-16)18-14-6-4-3-5-13(14)2/h3-6,11-12H,7-10H2,1-2H3,(H,18,19,20). The van der Waals surface area contributed by atoms with Crippen molar-refractivity contribution in [3.63, 3.8) is 0 Å². The minimum Gasteiger partial charge on any atom is -0.339 e. The maximum absolute atomic E-state index is 4.60. The molecular weight excluding hydrogens is 262 g/mol. The van der Waals surface area contributed by atoms with Gasteiger partial charge in [-0.2, -0.15) is 10.1 Å². The number of hydrogen-bond donors (Lipinski definition) is 1. The Balaban J connectivity index is 1.76. The molecule has 0 saturated carbocycles. The summed E-state index contributed by atoms with van der Waals surface area (Å²) in [6, 6.07) is 8.15. The van der Waals surface area contributed by atoms with Crippen LogP contribution in [0, 0.1) is 12.8 Å². The van der Waals surface area contributed by atoms with E-state index in [9.17, 15) is 0 Å². The molecule has 3 rings (SSSR count). The first-order valence-corrected chi connectivity index (χ1v) is 7.49. The molecule has 110 valence electrons. The van der Waals surface area contributed by atoms with E-state index in [0.717, 1.165) is 36.5 Å². The third kappa shape index (κ3) is 3.29. The van der Waals surface area contributed by atoms with E-state index in [1.165, 1.54) is 18.4 Å². The number of aryl methyl sites for hydroxylation is 1. The highest BCUT2D eigenvalue weighted by molar-refractivity contribution is 5.60. The summed E-state index contributed by atoms with van der Waals surface area (Å²) in [5, 5.41) is 11.6. The molecule has 1 aromatic carbocycles. The van der Waals surface area contributed by atoms with Gasteiger partial charge in [-0.1, -0.05) is 25.1 Å². The zero-order chi connectivity index (χ0) is 14.7. The van der Waals surface area contributed by atoms with Gasteiger partial charge in [-0.15, -0.1) is 5.10 Å². The van der Waals surface area contributed by atoms with E-state index >= 15 is 0 Å². The Kier molecular flexibility index (Phi) is 3.99. The van der Waals surface area contributed by atoms with E-state index in [2.05, 4.69) is 45.3 Å². The molecule has 1 N–H and O–H groups in total. The lowest BCUT2D eigenvalue weighted by atomic mass is 10.00. The van der Waals surface area contributed by atoms with Crippen LogP contribution in [-0.2, 0) is 0 Å². The molecule has 2 aromatic rings. The number of anilines is 3. The average Bonchev–Trinajstić information content (AvgIpc) is 2.51. The number of hydrogen-bond acceptors (Lipinski definition) is 5. The van der Waals surface area contributed by atoms with Gasteiger partial charge >= 0.3 is 0 Å². The van der Waals surface area contributed by atoms with Crippen molar-refractivity contribution < 1.29 is 0 Å². The summed E-state index contributed by atoms with van der Waals surface area (Å²) < 4.78 is 0. The van der Waals surface area contributed by atoms with Crippen molar-refractivity contribution in [2.24, 2.45) is 5.92 Å².